The van der Waals surface area contributed by atoms with E-state index in [-0.39, 0.29) is 18.7 Å². The zero-order valence-corrected chi connectivity index (χ0v) is 23.4. The van der Waals surface area contributed by atoms with Crippen molar-refractivity contribution < 1.29 is 14.3 Å². The number of hydrogen-bond acceptors (Lipinski definition) is 7. The van der Waals surface area contributed by atoms with Crippen molar-refractivity contribution in [3.8, 4) is 22.6 Å². The third kappa shape index (κ3) is 5.40. The number of carbonyl (C=O) groups is 1. The van der Waals surface area contributed by atoms with Gasteiger partial charge in [-0.15, -0.1) is 0 Å². The summed E-state index contributed by atoms with van der Waals surface area (Å²) >= 11 is 0. The summed E-state index contributed by atoms with van der Waals surface area (Å²) in [6, 6.07) is 14.5. The highest BCUT2D eigenvalue weighted by molar-refractivity contribution is 6.08. The van der Waals surface area contributed by atoms with Crippen molar-refractivity contribution in [1.29, 1.82) is 0 Å². The van der Waals surface area contributed by atoms with E-state index in [1.54, 1.807) is 0 Å². The molecule has 1 atom stereocenters. The molecule has 2 saturated heterocycles. The number of likely N-dealkylation sites (tertiary alicyclic amines) is 2. The first-order valence-corrected chi connectivity index (χ1v) is 14.2. The number of amides is 1. The Balaban J connectivity index is 1.38. The highest BCUT2D eigenvalue weighted by Gasteiger charge is 2.32. The molecule has 0 bridgehead atoms. The zero-order chi connectivity index (χ0) is 26.9. The summed E-state index contributed by atoms with van der Waals surface area (Å²) in [6.07, 6.45) is 4.66. The van der Waals surface area contributed by atoms with Crippen LogP contribution in [0.3, 0.4) is 0 Å². The minimum atomic E-state index is 0.120. The van der Waals surface area contributed by atoms with Crippen molar-refractivity contribution >= 4 is 22.6 Å². The van der Waals surface area contributed by atoms with E-state index in [9.17, 15) is 4.79 Å². The van der Waals surface area contributed by atoms with Crippen molar-refractivity contribution in [1.82, 2.24) is 19.7 Å². The highest BCUT2D eigenvalue weighted by atomic mass is 16.7. The van der Waals surface area contributed by atoms with Crippen molar-refractivity contribution in [3.05, 3.63) is 48.0 Å². The predicted molar refractivity (Wildman–Crippen MR) is 155 cm³/mol. The Morgan fingerprint density at radius 1 is 0.923 bits per heavy atom. The molecular weight excluding hydrogens is 490 g/mol. The molecule has 0 unspecified atom stereocenters. The maximum atomic E-state index is 14.3. The van der Waals surface area contributed by atoms with E-state index in [0.717, 1.165) is 97.0 Å². The van der Waals surface area contributed by atoms with Gasteiger partial charge in [-0.25, -0.2) is 4.98 Å². The van der Waals surface area contributed by atoms with E-state index in [1.807, 2.05) is 30.3 Å². The van der Waals surface area contributed by atoms with E-state index in [1.165, 1.54) is 12.8 Å². The molecule has 3 aliphatic rings. The first kappa shape index (κ1) is 25.9. The van der Waals surface area contributed by atoms with Gasteiger partial charge in [-0.05, 0) is 94.3 Å². The van der Waals surface area contributed by atoms with E-state index >= 15 is 0 Å². The largest absolute Gasteiger partial charge is 0.454 e. The van der Waals surface area contributed by atoms with Crippen LogP contribution in [0.25, 0.3) is 22.0 Å². The molecule has 0 saturated carbocycles. The normalized spacial score (nSPS) is 19.0. The first-order valence-electron chi connectivity index (χ1n) is 14.2. The Morgan fingerprint density at radius 2 is 1.69 bits per heavy atom. The van der Waals surface area contributed by atoms with Gasteiger partial charge in [0.25, 0.3) is 5.91 Å². The van der Waals surface area contributed by atoms with E-state index < -0.39 is 0 Å². The summed E-state index contributed by atoms with van der Waals surface area (Å²) < 4.78 is 11.1. The third-order valence-corrected chi connectivity index (χ3v) is 8.31. The Labute approximate surface area is 231 Å². The summed E-state index contributed by atoms with van der Waals surface area (Å²) in [6.45, 7) is 6.08. The van der Waals surface area contributed by atoms with Gasteiger partial charge in [-0.2, -0.15) is 0 Å². The van der Waals surface area contributed by atoms with E-state index in [0.29, 0.717) is 0 Å². The Kier molecular flexibility index (Phi) is 7.32. The molecule has 2 fully saturated rings. The molecule has 8 nitrogen and oxygen atoms in total. The minimum absolute atomic E-state index is 0.120. The molecule has 39 heavy (non-hydrogen) atoms. The Bertz CT molecular complexity index is 1350. The number of aromatic nitrogens is 1. The maximum absolute atomic E-state index is 14.3. The van der Waals surface area contributed by atoms with Crippen LogP contribution in [0, 0.1) is 0 Å². The number of carbonyl (C=O) groups excluding carboxylic acids is 1. The van der Waals surface area contributed by atoms with Crippen LogP contribution in [-0.4, -0.2) is 98.8 Å². The van der Waals surface area contributed by atoms with Crippen molar-refractivity contribution in [2.75, 3.05) is 72.1 Å². The van der Waals surface area contributed by atoms with Gasteiger partial charge in [0.05, 0.1) is 11.1 Å². The second-order valence-corrected chi connectivity index (χ2v) is 11.4. The first-order chi connectivity index (χ1) is 19.0. The fourth-order valence-electron chi connectivity index (χ4n) is 6.02. The molecule has 0 N–H and O–H groups in total. The smallest absolute Gasteiger partial charge is 0.254 e. The van der Waals surface area contributed by atoms with Gasteiger partial charge in [0.2, 0.25) is 6.79 Å². The fourth-order valence-corrected chi connectivity index (χ4v) is 6.02. The molecule has 0 radical (unpaired) electrons. The van der Waals surface area contributed by atoms with Gasteiger partial charge in [-0.1, -0.05) is 12.1 Å². The fraction of sp³-hybridized carbons (Fsp3) is 0.484. The van der Waals surface area contributed by atoms with Gasteiger partial charge in [0, 0.05) is 44.7 Å². The van der Waals surface area contributed by atoms with Gasteiger partial charge < -0.3 is 29.1 Å². The second kappa shape index (κ2) is 11.0. The van der Waals surface area contributed by atoms with Gasteiger partial charge in [0.1, 0.15) is 5.82 Å². The van der Waals surface area contributed by atoms with Crippen LogP contribution in [0.15, 0.2) is 42.5 Å². The number of nitrogens with zero attached hydrogens (tertiary/aromatic N) is 5. The van der Waals surface area contributed by atoms with Gasteiger partial charge in [0.15, 0.2) is 11.5 Å². The quantitative estimate of drug-likeness (QED) is 0.431. The number of rotatable bonds is 8. The summed E-state index contributed by atoms with van der Waals surface area (Å²) in [5, 5.41) is 0.895. The molecule has 0 spiro atoms. The summed E-state index contributed by atoms with van der Waals surface area (Å²) in [7, 11) is 6.20. The van der Waals surface area contributed by atoms with Gasteiger partial charge in [-0.3, -0.25) is 4.79 Å². The lowest BCUT2D eigenvalue weighted by molar-refractivity contribution is 0.0710. The molecule has 206 valence electrons. The zero-order valence-electron chi connectivity index (χ0n) is 23.4. The predicted octanol–water partition coefficient (Wildman–Crippen LogP) is 4.33. The van der Waals surface area contributed by atoms with Crippen LogP contribution < -0.4 is 14.4 Å². The summed E-state index contributed by atoms with van der Waals surface area (Å²) in [5.41, 5.74) is 3.63. The number of pyridine rings is 1. The number of benzene rings is 2. The van der Waals surface area contributed by atoms with Crippen LogP contribution in [0.1, 0.15) is 36.0 Å². The van der Waals surface area contributed by atoms with Crippen LogP contribution in [-0.2, 0) is 0 Å². The molecule has 8 heteroatoms. The van der Waals surface area contributed by atoms with Crippen molar-refractivity contribution in [2.24, 2.45) is 0 Å². The van der Waals surface area contributed by atoms with Crippen molar-refractivity contribution in [3.63, 3.8) is 0 Å². The third-order valence-electron chi connectivity index (χ3n) is 8.31. The summed E-state index contributed by atoms with van der Waals surface area (Å²) in [5.74, 6) is 2.47. The SMILES string of the molecule is CN(C)CCN(C)c1cc(C(=O)N2CCC[C@H]2CN2CCCC2)c2cc(-c3ccc4c(c3)OCO4)ccc2n1. The lowest BCUT2D eigenvalue weighted by atomic mass is 9.99. The van der Waals surface area contributed by atoms with E-state index in [4.69, 9.17) is 14.5 Å². The average molecular weight is 530 g/mol. The molecule has 2 aromatic carbocycles. The van der Waals surface area contributed by atoms with Crippen LogP contribution in [0.2, 0.25) is 0 Å². The van der Waals surface area contributed by atoms with E-state index in [2.05, 4.69) is 52.9 Å². The standard InChI is InChI=1S/C31H39N5O3/c1-33(2)15-16-34(3)30-19-26(31(37)36-14-6-7-24(36)20-35-12-4-5-13-35)25-17-22(8-10-27(25)32-30)23-9-11-28-29(18-23)39-21-38-28/h8-11,17-19,24H,4-7,12-16,20-21H2,1-3H3/t24-/m0/s1. The molecule has 1 aromatic heterocycles. The molecule has 6 rings (SSSR count). The number of fused-ring (bicyclic) bond motifs is 2. The molecule has 3 aliphatic heterocycles. The second-order valence-electron chi connectivity index (χ2n) is 11.4. The van der Waals surface area contributed by atoms with Gasteiger partial charge >= 0.3 is 0 Å². The van der Waals surface area contributed by atoms with Crippen molar-refractivity contribution in [2.45, 2.75) is 31.7 Å². The highest BCUT2D eigenvalue weighted by Crippen LogP contribution is 2.37. The van der Waals surface area contributed by atoms with Crippen LogP contribution >= 0.6 is 0 Å². The average Bonchev–Trinajstić information content (AvgIpc) is 3.72. The monoisotopic (exact) mass is 529 g/mol. The van der Waals surface area contributed by atoms with Crippen LogP contribution in [0.5, 0.6) is 11.5 Å². The molecule has 4 heterocycles. The lowest BCUT2D eigenvalue weighted by Crippen LogP contribution is -2.42. The van der Waals surface area contributed by atoms with Crippen LogP contribution in [0.4, 0.5) is 5.82 Å². The summed E-state index contributed by atoms with van der Waals surface area (Å²) in [4.78, 5) is 28.3. The molecule has 3 aromatic rings. The Hall–Kier alpha value is -3.36. The lowest BCUT2D eigenvalue weighted by Gasteiger charge is -2.29. The number of anilines is 1. The number of likely N-dealkylation sites (N-methyl/N-ethyl adjacent to an activating group) is 2. The Morgan fingerprint density at radius 3 is 2.51 bits per heavy atom. The topological polar surface area (TPSA) is 61.4 Å². The molecular formula is C31H39N5O3. The molecule has 0 aliphatic carbocycles. The number of ether oxygens (including phenoxy) is 2. The number of hydrogen-bond donors (Lipinski definition) is 0. The minimum Gasteiger partial charge on any atom is -0.454 e. The molecule has 1 amide bonds. The maximum Gasteiger partial charge on any atom is 0.254 e.